The Balaban J connectivity index is 2.72. The van der Waals surface area contributed by atoms with Crippen molar-refractivity contribution in [1.82, 2.24) is 5.32 Å². The maximum atomic E-state index is 11.9. The van der Waals surface area contributed by atoms with Crippen LogP contribution in [0.4, 0.5) is 5.69 Å². The highest BCUT2D eigenvalue weighted by Crippen LogP contribution is 2.22. The van der Waals surface area contributed by atoms with E-state index in [0.717, 1.165) is 17.0 Å². The average Bonchev–Trinajstić information content (AvgIpc) is 2.32. The van der Waals surface area contributed by atoms with E-state index >= 15 is 0 Å². The van der Waals surface area contributed by atoms with E-state index in [2.05, 4.69) is 10.6 Å². The molecule has 1 amide bonds. The fourth-order valence-corrected chi connectivity index (χ4v) is 1.78. The minimum atomic E-state index is -0.0593. The molecule has 4 heteroatoms. The van der Waals surface area contributed by atoms with Crippen molar-refractivity contribution in [2.24, 2.45) is 5.92 Å². The first-order chi connectivity index (χ1) is 8.93. The van der Waals surface area contributed by atoms with Crippen molar-refractivity contribution in [1.29, 1.82) is 0 Å². The van der Waals surface area contributed by atoms with Gasteiger partial charge in [-0.1, -0.05) is 6.92 Å². The maximum Gasteiger partial charge on any atom is 0.228 e. The quantitative estimate of drug-likeness (QED) is 0.830. The zero-order valence-electron chi connectivity index (χ0n) is 12.4. The maximum absolute atomic E-state index is 11.9. The lowest BCUT2D eigenvalue weighted by Crippen LogP contribution is -2.28. The molecule has 0 fully saturated rings. The third kappa shape index (κ3) is 4.91. The second kappa shape index (κ2) is 7.14. The largest absolute Gasteiger partial charge is 0.491 e. The Bertz CT molecular complexity index is 430. The predicted molar refractivity (Wildman–Crippen MR) is 78.7 cm³/mol. The fraction of sp³-hybridized carbons (Fsp3) is 0.533. The molecule has 4 nitrogen and oxygen atoms in total. The van der Waals surface area contributed by atoms with Gasteiger partial charge in [-0.25, -0.2) is 0 Å². The molecule has 0 unspecified atom stereocenters. The number of benzene rings is 1. The lowest BCUT2D eigenvalue weighted by molar-refractivity contribution is -0.119. The number of hydrogen-bond donors (Lipinski definition) is 2. The fourth-order valence-electron chi connectivity index (χ4n) is 1.78. The van der Waals surface area contributed by atoms with Crippen molar-refractivity contribution in [3.63, 3.8) is 0 Å². The van der Waals surface area contributed by atoms with Crippen LogP contribution >= 0.6 is 0 Å². The number of carbonyl (C=O) groups is 1. The molecule has 1 aromatic carbocycles. The van der Waals surface area contributed by atoms with Crippen LogP contribution in [0.3, 0.4) is 0 Å². The monoisotopic (exact) mass is 264 g/mol. The van der Waals surface area contributed by atoms with Crippen LogP contribution < -0.4 is 15.4 Å². The molecule has 106 valence electrons. The van der Waals surface area contributed by atoms with Crippen molar-refractivity contribution in [2.75, 3.05) is 18.9 Å². The summed E-state index contributed by atoms with van der Waals surface area (Å²) < 4.78 is 5.62. The first kappa shape index (κ1) is 15.5. The molecule has 0 heterocycles. The average molecular weight is 264 g/mol. The molecule has 1 atom stereocenters. The second-order valence-corrected chi connectivity index (χ2v) is 5.09. The van der Waals surface area contributed by atoms with Gasteiger partial charge in [0, 0.05) is 18.2 Å². The normalized spacial score (nSPS) is 12.3. The van der Waals surface area contributed by atoms with Gasteiger partial charge in [0.15, 0.2) is 0 Å². The van der Waals surface area contributed by atoms with Gasteiger partial charge in [0.25, 0.3) is 0 Å². The zero-order valence-corrected chi connectivity index (χ0v) is 12.4. The topological polar surface area (TPSA) is 50.4 Å². The van der Waals surface area contributed by atoms with Gasteiger partial charge in [0.2, 0.25) is 5.91 Å². The van der Waals surface area contributed by atoms with Crippen LogP contribution in [-0.4, -0.2) is 25.6 Å². The van der Waals surface area contributed by atoms with Crippen LogP contribution in [0.5, 0.6) is 5.75 Å². The highest BCUT2D eigenvalue weighted by molar-refractivity contribution is 5.93. The molecule has 0 aliphatic carbocycles. The number of carbonyl (C=O) groups excluding carboxylic acids is 1. The van der Waals surface area contributed by atoms with Crippen molar-refractivity contribution in [2.45, 2.75) is 33.8 Å². The molecule has 0 bridgehead atoms. The van der Waals surface area contributed by atoms with Crippen LogP contribution in [0.2, 0.25) is 0 Å². The molecular formula is C15H24N2O2. The van der Waals surface area contributed by atoms with Gasteiger partial charge < -0.3 is 15.4 Å². The first-order valence-corrected chi connectivity index (χ1v) is 6.66. The van der Waals surface area contributed by atoms with Gasteiger partial charge in [-0.3, -0.25) is 4.79 Å². The van der Waals surface area contributed by atoms with Crippen molar-refractivity contribution in [3.8, 4) is 5.75 Å². The Hall–Kier alpha value is -1.55. The van der Waals surface area contributed by atoms with E-state index in [4.69, 9.17) is 4.74 Å². The summed E-state index contributed by atoms with van der Waals surface area (Å²) in [5.41, 5.74) is 1.84. The number of amides is 1. The summed E-state index contributed by atoms with van der Waals surface area (Å²) in [6.07, 6.45) is 0.149. The SMILES string of the molecule is CNC[C@@H](C)C(=O)Nc1ccc(OC(C)C)cc1C. The lowest BCUT2D eigenvalue weighted by atomic mass is 10.1. The molecule has 0 spiro atoms. The molecule has 19 heavy (non-hydrogen) atoms. The first-order valence-electron chi connectivity index (χ1n) is 6.66. The van der Waals surface area contributed by atoms with Crippen LogP contribution in [0.1, 0.15) is 26.3 Å². The summed E-state index contributed by atoms with van der Waals surface area (Å²) in [6, 6.07) is 5.71. The van der Waals surface area contributed by atoms with Crippen molar-refractivity contribution < 1.29 is 9.53 Å². The van der Waals surface area contributed by atoms with Crippen molar-refractivity contribution >= 4 is 11.6 Å². The highest BCUT2D eigenvalue weighted by Gasteiger charge is 2.13. The van der Waals surface area contributed by atoms with E-state index in [1.807, 2.05) is 52.9 Å². The molecule has 0 radical (unpaired) electrons. The lowest BCUT2D eigenvalue weighted by Gasteiger charge is -2.15. The molecule has 0 saturated carbocycles. The third-order valence-corrected chi connectivity index (χ3v) is 2.79. The number of aryl methyl sites for hydroxylation is 1. The Morgan fingerprint density at radius 1 is 1.32 bits per heavy atom. The predicted octanol–water partition coefficient (Wildman–Crippen LogP) is 2.58. The summed E-state index contributed by atoms with van der Waals surface area (Å²) in [6.45, 7) is 8.51. The molecule has 0 aromatic heterocycles. The van der Waals surface area contributed by atoms with Gasteiger partial charge in [-0.15, -0.1) is 0 Å². The molecule has 0 saturated heterocycles. The van der Waals surface area contributed by atoms with Crippen LogP contribution in [0, 0.1) is 12.8 Å². The van der Waals surface area contributed by atoms with Crippen LogP contribution in [0.15, 0.2) is 18.2 Å². The Morgan fingerprint density at radius 2 is 2.00 bits per heavy atom. The number of anilines is 1. The van der Waals surface area contributed by atoms with Crippen molar-refractivity contribution in [3.05, 3.63) is 23.8 Å². The van der Waals surface area contributed by atoms with E-state index in [-0.39, 0.29) is 17.9 Å². The van der Waals surface area contributed by atoms with Gasteiger partial charge >= 0.3 is 0 Å². The summed E-state index contributed by atoms with van der Waals surface area (Å²) in [5, 5.41) is 5.94. The standard InChI is InChI=1S/C15H24N2O2/c1-10(2)19-13-6-7-14(11(3)8-13)17-15(18)12(4)9-16-5/h6-8,10,12,16H,9H2,1-5H3,(H,17,18)/t12-/m1/s1. The Morgan fingerprint density at radius 3 is 2.53 bits per heavy atom. The van der Waals surface area contributed by atoms with E-state index in [1.54, 1.807) is 0 Å². The van der Waals surface area contributed by atoms with E-state index in [9.17, 15) is 4.79 Å². The molecule has 1 rings (SSSR count). The van der Waals surface area contributed by atoms with Gasteiger partial charge in [-0.05, 0) is 51.6 Å². The second-order valence-electron chi connectivity index (χ2n) is 5.09. The van der Waals surface area contributed by atoms with E-state index in [0.29, 0.717) is 6.54 Å². The number of nitrogens with one attached hydrogen (secondary N) is 2. The molecule has 1 aromatic rings. The number of rotatable bonds is 6. The Kier molecular flexibility index (Phi) is 5.83. The van der Waals surface area contributed by atoms with Gasteiger partial charge in [0.05, 0.1) is 6.10 Å². The minimum absolute atomic E-state index is 0.0231. The van der Waals surface area contributed by atoms with E-state index < -0.39 is 0 Å². The van der Waals surface area contributed by atoms with E-state index in [1.165, 1.54) is 0 Å². The smallest absolute Gasteiger partial charge is 0.228 e. The van der Waals surface area contributed by atoms with Gasteiger partial charge in [0.1, 0.15) is 5.75 Å². The number of ether oxygens (including phenoxy) is 1. The summed E-state index contributed by atoms with van der Waals surface area (Å²) in [5.74, 6) is 0.791. The molecule has 0 aliphatic rings. The summed E-state index contributed by atoms with van der Waals surface area (Å²) in [4.78, 5) is 11.9. The van der Waals surface area contributed by atoms with Gasteiger partial charge in [-0.2, -0.15) is 0 Å². The minimum Gasteiger partial charge on any atom is -0.491 e. The molecular weight excluding hydrogens is 240 g/mol. The van der Waals surface area contributed by atoms with Crippen LogP contribution in [-0.2, 0) is 4.79 Å². The molecule has 0 aliphatic heterocycles. The molecule has 2 N–H and O–H groups in total. The Labute approximate surface area is 115 Å². The zero-order chi connectivity index (χ0) is 14.4. The summed E-state index contributed by atoms with van der Waals surface area (Å²) in [7, 11) is 1.84. The van der Waals surface area contributed by atoms with Crippen LogP contribution in [0.25, 0.3) is 0 Å². The third-order valence-electron chi connectivity index (χ3n) is 2.79. The highest BCUT2D eigenvalue weighted by atomic mass is 16.5. The number of hydrogen-bond acceptors (Lipinski definition) is 3. The summed E-state index contributed by atoms with van der Waals surface area (Å²) >= 11 is 0.